The summed E-state index contributed by atoms with van der Waals surface area (Å²) in [5, 5.41) is 8.15. The molecule has 0 heterocycles. The SMILES string of the molecule is O=C(Cc1ccc(OC(F)F)cc1)Nc1ccc(NC(=O)Nc2ccccc2)cc1. The van der Waals surface area contributed by atoms with Crippen molar-refractivity contribution >= 4 is 29.0 Å². The Morgan fingerprint density at radius 2 is 1.27 bits per heavy atom. The van der Waals surface area contributed by atoms with Gasteiger partial charge in [0.15, 0.2) is 0 Å². The fraction of sp³-hybridized carbons (Fsp3) is 0.0909. The van der Waals surface area contributed by atoms with E-state index in [4.69, 9.17) is 0 Å². The van der Waals surface area contributed by atoms with Crippen LogP contribution in [0.5, 0.6) is 5.75 Å². The minimum absolute atomic E-state index is 0.0357. The summed E-state index contributed by atoms with van der Waals surface area (Å²) in [5.74, 6) is -0.228. The zero-order valence-electron chi connectivity index (χ0n) is 15.8. The molecule has 3 rings (SSSR count). The van der Waals surface area contributed by atoms with Crippen LogP contribution in [0.4, 0.5) is 30.6 Å². The fourth-order valence-electron chi connectivity index (χ4n) is 2.63. The maximum atomic E-state index is 12.2. The standard InChI is InChI=1S/C22H19F2N3O3/c23-21(24)30-19-12-6-15(7-13-19)14-20(28)25-17-8-10-18(11-9-17)27-22(29)26-16-4-2-1-3-5-16/h1-13,21H,14H2,(H,25,28)(H2,26,27,29). The third-order valence-corrected chi connectivity index (χ3v) is 3.97. The first kappa shape index (κ1) is 20.8. The monoisotopic (exact) mass is 411 g/mol. The number of para-hydroxylation sites is 1. The highest BCUT2D eigenvalue weighted by molar-refractivity contribution is 6.00. The molecule has 0 aromatic heterocycles. The van der Waals surface area contributed by atoms with Gasteiger partial charge >= 0.3 is 12.6 Å². The molecule has 0 atom stereocenters. The lowest BCUT2D eigenvalue weighted by Gasteiger charge is -2.09. The molecule has 0 saturated carbocycles. The van der Waals surface area contributed by atoms with Gasteiger partial charge in [-0.25, -0.2) is 4.79 Å². The molecule has 8 heteroatoms. The molecule has 0 bridgehead atoms. The highest BCUT2D eigenvalue weighted by atomic mass is 19.3. The first-order valence-electron chi connectivity index (χ1n) is 9.05. The van der Waals surface area contributed by atoms with Crippen LogP contribution in [0.1, 0.15) is 5.56 Å². The second-order valence-corrected chi connectivity index (χ2v) is 6.27. The Balaban J connectivity index is 1.48. The van der Waals surface area contributed by atoms with Gasteiger partial charge in [-0.2, -0.15) is 8.78 Å². The number of halogens is 2. The second-order valence-electron chi connectivity index (χ2n) is 6.27. The number of rotatable bonds is 7. The van der Waals surface area contributed by atoms with Gasteiger partial charge < -0.3 is 20.7 Å². The Bertz CT molecular complexity index is 979. The van der Waals surface area contributed by atoms with E-state index in [1.807, 2.05) is 18.2 Å². The summed E-state index contributed by atoms with van der Waals surface area (Å²) in [6.07, 6.45) is 0.0778. The Kier molecular flexibility index (Phi) is 6.94. The van der Waals surface area contributed by atoms with Crippen LogP contribution in [-0.2, 0) is 11.2 Å². The topological polar surface area (TPSA) is 79.5 Å². The van der Waals surface area contributed by atoms with Gasteiger partial charge in [-0.1, -0.05) is 30.3 Å². The van der Waals surface area contributed by atoms with E-state index >= 15 is 0 Å². The largest absolute Gasteiger partial charge is 0.435 e. The van der Waals surface area contributed by atoms with Crippen molar-refractivity contribution in [3.8, 4) is 5.75 Å². The molecule has 3 aromatic carbocycles. The summed E-state index contributed by atoms with van der Waals surface area (Å²) in [6.45, 7) is -2.89. The molecule has 0 fully saturated rings. The second kappa shape index (κ2) is 10.0. The predicted octanol–water partition coefficient (Wildman–Crippen LogP) is 5.11. The number of hydrogen-bond donors (Lipinski definition) is 3. The van der Waals surface area contributed by atoms with Crippen molar-refractivity contribution in [1.29, 1.82) is 0 Å². The van der Waals surface area contributed by atoms with Gasteiger partial charge in [0.2, 0.25) is 5.91 Å². The van der Waals surface area contributed by atoms with E-state index in [0.717, 1.165) is 0 Å². The minimum Gasteiger partial charge on any atom is -0.435 e. The third kappa shape index (κ3) is 6.59. The molecule has 0 aliphatic carbocycles. The van der Waals surface area contributed by atoms with Crippen molar-refractivity contribution in [3.63, 3.8) is 0 Å². The molecule has 0 radical (unpaired) electrons. The first-order chi connectivity index (χ1) is 14.5. The van der Waals surface area contributed by atoms with Crippen molar-refractivity contribution in [3.05, 3.63) is 84.4 Å². The highest BCUT2D eigenvalue weighted by Gasteiger charge is 2.08. The highest BCUT2D eigenvalue weighted by Crippen LogP contribution is 2.17. The zero-order chi connectivity index (χ0) is 21.3. The van der Waals surface area contributed by atoms with Gasteiger partial charge in [0.05, 0.1) is 6.42 Å². The molecule has 0 saturated heterocycles. The van der Waals surface area contributed by atoms with Crippen LogP contribution in [0.25, 0.3) is 0 Å². The Hall–Kier alpha value is -3.94. The number of benzene rings is 3. The van der Waals surface area contributed by atoms with Crippen molar-refractivity contribution in [1.82, 2.24) is 0 Å². The summed E-state index contributed by atoms with van der Waals surface area (Å²) in [4.78, 5) is 24.2. The first-order valence-corrected chi connectivity index (χ1v) is 9.05. The van der Waals surface area contributed by atoms with Crippen LogP contribution < -0.4 is 20.7 Å². The molecule has 154 valence electrons. The number of ether oxygens (including phenoxy) is 1. The van der Waals surface area contributed by atoms with E-state index in [1.54, 1.807) is 48.5 Å². The quantitative estimate of drug-likeness (QED) is 0.505. The number of hydrogen-bond acceptors (Lipinski definition) is 3. The molecule has 30 heavy (non-hydrogen) atoms. The lowest BCUT2D eigenvalue weighted by atomic mass is 10.1. The number of urea groups is 1. The number of amides is 3. The van der Waals surface area contributed by atoms with E-state index in [1.165, 1.54) is 12.1 Å². The summed E-state index contributed by atoms with van der Waals surface area (Å²) in [5.41, 5.74) is 2.46. The molecule has 0 aliphatic rings. The normalized spacial score (nSPS) is 10.4. The minimum atomic E-state index is -2.89. The van der Waals surface area contributed by atoms with E-state index in [9.17, 15) is 18.4 Å². The number of carbonyl (C=O) groups excluding carboxylic acids is 2. The van der Waals surface area contributed by atoms with Gasteiger partial charge in [-0.15, -0.1) is 0 Å². The molecule has 0 spiro atoms. The number of carbonyl (C=O) groups is 2. The van der Waals surface area contributed by atoms with Crippen molar-refractivity contribution in [2.75, 3.05) is 16.0 Å². The van der Waals surface area contributed by atoms with Crippen LogP contribution in [0.15, 0.2) is 78.9 Å². The van der Waals surface area contributed by atoms with E-state index in [2.05, 4.69) is 20.7 Å². The van der Waals surface area contributed by atoms with E-state index in [0.29, 0.717) is 22.6 Å². The van der Waals surface area contributed by atoms with Crippen LogP contribution in [0.2, 0.25) is 0 Å². The number of nitrogens with one attached hydrogen (secondary N) is 3. The Morgan fingerprint density at radius 1 is 0.733 bits per heavy atom. The summed E-state index contributed by atoms with van der Waals surface area (Å²) < 4.78 is 28.6. The van der Waals surface area contributed by atoms with Gasteiger partial charge in [-0.05, 0) is 54.1 Å². The summed E-state index contributed by atoms with van der Waals surface area (Å²) in [7, 11) is 0. The maximum absolute atomic E-state index is 12.2. The molecule has 0 unspecified atom stereocenters. The maximum Gasteiger partial charge on any atom is 0.387 e. The molecular weight excluding hydrogens is 392 g/mol. The summed E-state index contributed by atoms with van der Waals surface area (Å²) in [6, 6.07) is 21.2. The lowest BCUT2D eigenvalue weighted by Crippen LogP contribution is -2.19. The zero-order valence-corrected chi connectivity index (χ0v) is 15.8. The number of anilines is 3. The molecule has 6 nitrogen and oxygen atoms in total. The predicted molar refractivity (Wildman–Crippen MR) is 111 cm³/mol. The van der Waals surface area contributed by atoms with Crippen molar-refractivity contribution in [2.24, 2.45) is 0 Å². The van der Waals surface area contributed by atoms with Gasteiger partial charge in [0, 0.05) is 17.1 Å². The van der Waals surface area contributed by atoms with Crippen LogP contribution >= 0.6 is 0 Å². The fourth-order valence-corrected chi connectivity index (χ4v) is 2.63. The molecule has 3 aromatic rings. The van der Waals surface area contributed by atoms with Crippen LogP contribution in [-0.4, -0.2) is 18.5 Å². The molecule has 3 N–H and O–H groups in total. The van der Waals surface area contributed by atoms with Crippen molar-refractivity contribution in [2.45, 2.75) is 13.0 Å². The average molecular weight is 411 g/mol. The van der Waals surface area contributed by atoms with E-state index in [-0.39, 0.29) is 24.1 Å². The van der Waals surface area contributed by atoms with Gasteiger partial charge in [0.25, 0.3) is 0 Å². The Labute approximate surface area is 171 Å². The average Bonchev–Trinajstić information content (AvgIpc) is 2.71. The summed E-state index contributed by atoms with van der Waals surface area (Å²) >= 11 is 0. The molecule has 0 aliphatic heterocycles. The van der Waals surface area contributed by atoms with Crippen LogP contribution in [0.3, 0.4) is 0 Å². The van der Waals surface area contributed by atoms with Gasteiger partial charge in [0.1, 0.15) is 5.75 Å². The molecule has 3 amide bonds. The lowest BCUT2D eigenvalue weighted by molar-refractivity contribution is -0.115. The third-order valence-electron chi connectivity index (χ3n) is 3.97. The Morgan fingerprint density at radius 3 is 1.83 bits per heavy atom. The molecular formula is C22H19F2N3O3. The smallest absolute Gasteiger partial charge is 0.387 e. The van der Waals surface area contributed by atoms with E-state index < -0.39 is 6.61 Å². The number of alkyl halides is 2. The van der Waals surface area contributed by atoms with Crippen LogP contribution in [0, 0.1) is 0 Å². The van der Waals surface area contributed by atoms with Gasteiger partial charge in [-0.3, -0.25) is 4.79 Å². The van der Waals surface area contributed by atoms with Crippen molar-refractivity contribution < 1.29 is 23.1 Å².